The second-order valence-electron chi connectivity index (χ2n) is 7.07. The molecule has 3 aliphatic heterocycles. The van der Waals surface area contributed by atoms with Crippen LogP contribution in [-0.2, 0) is 9.53 Å². The van der Waals surface area contributed by atoms with Crippen molar-refractivity contribution in [3.05, 3.63) is 46.9 Å². The summed E-state index contributed by atoms with van der Waals surface area (Å²) in [5, 5.41) is 3.34. The van der Waals surface area contributed by atoms with Gasteiger partial charge in [0.1, 0.15) is 18.0 Å². The number of hydrogen-bond donors (Lipinski definition) is 1. The fourth-order valence-corrected chi connectivity index (χ4v) is 3.77. The Labute approximate surface area is 160 Å². The minimum atomic E-state index is -4.91. The highest BCUT2D eigenvalue weighted by molar-refractivity contribution is 5.93. The first-order chi connectivity index (χ1) is 13.4. The van der Waals surface area contributed by atoms with E-state index in [9.17, 15) is 18.0 Å². The molecule has 3 aliphatic rings. The zero-order chi connectivity index (χ0) is 19.9. The zero-order valence-electron chi connectivity index (χ0n) is 15.4. The molecular weight excluding hydrogens is 373 g/mol. The third-order valence-corrected chi connectivity index (χ3v) is 5.20. The third kappa shape index (κ3) is 3.34. The molecule has 2 atom stereocenters. The number of rotatable bonds is 3. The molecule has 1 saturated heterocycles. The second kappa shape index (κ2) is 7.12. The molecule has 150 valence electrons. The lowest BCUT2D eigenvalue weighted by atomic mass is 10.0. The Morgan fingerprint density at radius 2 is 1.89 bits per heavy atom. The van der Waals surface area contributed by atoms with Crippen molar-refractivity contribution in [1.82, 2.24) is 15.1 Å². The van der Waals surface area contributed by atoms with E-state index in [0.29, 0.717) is 37.8 Å². The maximum atomic E-state index is 13.2. The van der Waals surface area contributed by atoms with Gasteiger partial charge in [-0.2, -0.15) is 13.2 Å². The van der Waals surface area contributed by atoms with Crippen LogP contribution in [0.4, 0.5) is 13.2 Å². The molecule has 3 heterocycles. The molecule has 1 fully saturated rings. The van der Waals surface area contributed by atoms with Gasteiger partial charge in [-0.05, 0) is 12.5 Å². The number of benzene rings is 1. The van der Waals surface area contributed by atoms with Crippen LogP contribution >= 0.6 is 0 Å². The minimum Gasteiger partial charge on any atom is -0.378 e. The van der Waals surface area contributed by atoms with Gasteiger partial charge >= 0.3 is 6.18 Å². The van der Waals surface area contributed by atoms with Crippen molar-refractivity contribution in [2.75, 3.05) is 32.8 Å². The molecule has 1 aromatic rings. The van der Waals surface area contributed by atoms with Crippen LogP contribution < -0.4 is 5.32 Å². The summed E-state index contributed by atoms with van der Waals surface area (Å²) in [7, 11) is 0. The lowest BCUT2D eigenvalue weighted by Gasteiger charge is -2.36. The topological polar surface area (TPSA) is 57.2 Å². The van der Waals surface area contributed by atoms with Gasteiger partial charge in [-0.1, -0.05) is 29.8 Å². The van der Waals surface area contributed by atoms with Gasteiger partial charge in [0.15, 0.2) is 0 Å². The van der Waals surface area contributed by atoms with Gasteiger partial charge in [-0.25, -0.2) is 0 Å². The summed E-state index contributed by atoms with van der Waals surface area (Å²) in [5.41, 5.74) is 2.36. The Bertz CT molecular complexity index is 813. The summed E-state index contributed by atoms with van der Waals surface area (Å²) in [5.74, 6) is -1.08. The number of alkyl halides is 3. The number of carbonyl (C=O) groups excluding carboxylic acids is 1. The van der Waals surface area contributed by atoms with Crippen molar-refractivity contribution < 1.29 is 22.7 Å². The van der Waals surface area contributed by atoms with Gasteiger partial charge < -0.3 is 19.9 Å². The summed E-state index contributed by atoms with van der Waals surface area (Å²) in [6, 6.07) is 6.16. The van der Waals surface area contributed by atoms with E-state index in [-0.39, 0.29) is 6.54 Å². The molecule has 0 aromatic heterocycles. The number of nitrogens with one attached hydrogen (secondary N) is 1. The van der Waals surface area contributed by atoms with Crippen LogP contribution in [-0.4, -0.2) is 66.9 Å². The number of aliphatic imine (C=N–C) groups is 1. The number of Topliss-reactive ketones (excluding diaryl/α,β-unsaturated/α-hetero) is 1. The van der Waals surface area contributed by atoms with E-state index in [0.717, 1.165) is 11.1 Å². The summed E-state index contributed by atoms with van der Waals surface area (Å²) in [6.45, 7) is 4.03. The quantitative estimate of drug-likeness (QED) is 0.850. The fourth-order valence-electron chi connectivity index (χ4n) is 3.77. The van der Waals surface area contributed by atoms with E-state index in [1.54, 1.807) is 6.21 Å². The van der Waals surface area contributed by atoms with Crippen molar-refractivity contribution >= 4 is 12.0 Å². The van der Waals surface area contributed by atoms with Gasteiger partial charge in [-0.15, -0.1) is 0 Å². The highest BCUT2D eigenvalue weighted by atomic mass is 19.4. The van der Waals surface area contributed by atoms with Crippen molar-refractivity contribution in [3.63, 3.8) is 0 Å². The second-order valence-corrected chi connectivity index (χ2v) is 7.07. The van der Waals surface area contributed by atoms with Crippen LogP contribution in [0, 0.1) is 6.92 Å². The van der Waals surface area contributed by atoms with Gasteiger partial charge in [0.2, 0.25) is 0 Å². The SMILES string of the molecule is Cc1ccc(C2NC(N3CCOCC3)=C3C=NCC(C(=O)C(F)(F)F)N32)cc1. The fraction of sp³-hybridized carbons (Fsp3) is 0.474. The van der Waals surface area contributed by atoms with Gasteiger partial charge in [-0.3, -0.25) is 9.79 Å². The Morgan fingerprint density at radius 1 is 1.21 bits per heavy atom. The smallest absolute Gasteiger partial charge is 0.378 e. The van der Waals surface area contributed by atoms with Crippen LogP contribution in [0.5, 0.6) is 0 Å². The number of hydrogen-bond acceptors (Lipinski definition) is 6. The van der Waals surface area contributed by atoms with Gasteiger partial charge in [0, 0.05) is 19.3 Å². The average Bonchev–Trinajstić information content (AvgIpc) is 3.08. The summed E-state index contributed by atoms with van der Waals surface area (Å²) < 4.78 is 45.1. The standard InChI is InChI=1S/C19H21F3N4O2/c1-12-2-4-13(5-3-12)17-24-18(25-6-8-28-9-7-25)15-11-23-10-14(26(15)17)16(27)19(20,21)22/h2-5,11,14,17,24H,6-10H2,1H3. The molecule has 28 heavy (non-hydrogen) atoms. The maximum Gasteiger partial charge on any atom is 0.452 e. The lowest BCUT2D eigenvalue weighted by Crippen LogP contribution is -2.51. The highest BCUT2D eigenvalue weighted by Gasteiger charge is 2.50. The Kier molecular flexibility index (Phi) is 4.78. The molecule has 0 aliphatic carbocycles. The normalized spacial score (nSPS) is 25.0. The molecule has 4 rings (SSSR count). The number of morpholine rings is 1. The first kappa shape index (κ1) is 18.8. The van der Waals surface area contributed by atoms with E-state index >= 15 is 0 Å². The van der Waals surface area contributed by atoms with Crippen molar-refractivity contribution in [1.29, 1.82) is 0 Å². The molecule has 2 unspecified atom stereocenters. The van der Waals surface area contributed by atoms with E-state index in [1.807, 2.05) is 36.1 Å². The van der Waals surface area contributed by atoms with Crippen molar-refractivity contribution in [2.24, 2.45) is 4.99 Å². The van der Waals surface area contributed by atoms with E-state index < -0.39 is 24.2 Å². The van der Waals surface area contributed by atoms with E-state index in [2.05, 4.69) is 10.3 Å². The number of ether oxygens (including phenoxy) is 1. The molecule has 0 bridgehead atoms. The molecule has 1 aromatic carbocycles. The summed E-state index contributed by atoms with van der Waals surface area (Å²) in [4.78, 5) is 19.8. The average molecular weight is 394 g/mol. The number of halogens is 3. The molecule has 0 saturated carbocycles. The number of carbonyl (C=O) groups is 1. The molecule has 6 nitrogen and oxygen atoms in total. The largest absolute Gasteiger partial charge is 0.452 e. The van der Waals surface area contributed by atoms with Crippen molar-refractivity contribution in [3.8, 4) is 0 Å². The third-order valence-electron chi connectivity index (χ3n) is 5.20. The highest BCUT2D eigenvalue weighted by Crippen LogP contribution is 2.37. The molecule has 0 radical (unpaired) electrons. The maximum absolute atomic E-state index is 13.2. The molecular formula is C19H21F3N4O2. The van der Waals surface area contributed by atoms with E-state index in [1.165, 1.54) is 4.90 Å². The predicted molar refractivity (Wildman–Crippen MR) is 96.5 cm³/mol. The molecule has 1 N–H and O–H groups in total. The van der Waals surface area contributed by atoms with E-state index in [4.69, 9.17) is 4.74 Å². The van der Waals surface area contributed by atoms with Crippen LogP contribution in [0.15, 0.2) is 40.8 Å². The number of nitrogens with zero attached hydrogens (tertiary/aromatic N) is 3. The Morgan fingerprint density at radius 3 is 2.54 bits per heavy atom. The number of ketones is 1. The Balaban J connectivity index is 1.75. The van der Waals surface area contributed by atoms with Gasteiger partial charge in [0.25, 0.3) is 5.78 Å². The molecule has 9 heteroatoms. The summed E-state index contributed by atoms with van der Waals surface area (Å²) in [6.07, 6.45) is -3.93. The Hall–Kier alpha value is -2.55. The molecule has 0 amide bonds. The van der Waals surface area contributed by atoms with Crippen LogP contribution in [0.3, 0.4) is 0 Å². The van der Waals surface area contributed by atoms with Crippen molar-refractivity contribution in [2.45, 2.75) is 25.3 Å². The summed E-state index contributed by atoms with van der Waals surface area (Å²) >= 11 is 0. The van der Waals surface area contributed by atoms with Crippen LogP contribution in [0.1, 0.15) is 17.3 Å². The first-order valence-electron chi connectivity index (χ1n) is 9.15. The number of aryl methyl sites for hydroxylation is 1. The molecule has 0 spiro atoms. The van der Waals surface area contributed by atoms with Gasteiger partial charge in [0.05, 0.1) is 25.5 Å². The van der Waals surface area contributed by atoms with Crippen LogP contribution in [0.2, 0.25) is 0 Å². The first-order valence-corrected chi connectivity index (χ1v) is 9.15. The minimum absolute atomic E-state index is 0.220. The lowest BCUT2D eigenvalue weighted by molar-refractivity contribution is -0.176. The monoisotopic (exact) mass is 394 g/mol. The number of fused-ring (bicyclic) bond motifs is 1. The zero-order valence-corrected chi connectivity index (χ0v) is 15.4. The number of allylic oxidation sites excluding steroid dienone is 1. The van der Waals surface area contributed by atoms with Crippen LogP contribution in [0.25, 0.3) is 0 Å². The predicted octanol–water partition coefficient (Wildman–Crippen LogP) is 1.98.